The van der Waals surface area contributed by atoms with Gasteiger partial charge in [-0.2, -0.15) is 5.26 Å². The monoisotopic (exact) mass is 233 g/mol. The topological polar surface area (TPSA) is 23.8 Å². The molecular weight excluding hydrogens is 218 g/mol. The fourth-order valence-electron chi connectivity index (χ4n) is 1.27. The zero-order valence-electron chi connectivity index (χ0n) is 9.92. The van der Waals surface area contributed by atoms with Crippen molar-refractivity contribution in [1.82, 2.24) is 0 Å². The third kappa shape index (κ3) is 4.08. The van der Waals surface area contributed by atoms with Crippen LogP contribution in [-0.4, -0.2) is 0 Å². The van der Waals surface area contributed by atoms with Crippen LogP contribution in [0.15, 0.2) is 30.3 Å². The van der Waals surface area contributed by atoms with Gasteiger partial charge < -0.3 is 0 Å². The van der Waals surface area contributed by atoms with E-state index >= 15 is 0 Å². The first-order valence-corrected chi connectivity index (χ1v) is 5.66. The third-order valence-corrected chi connectivity index (χ3v) is 2.45. The normalized spacial score (nSPS) is 12.3. The molecule has 0 aliphatic heterocycles. The Balaban J connectivity index is 2.92. The highest BCUT2D eigenvalue weighted by atomic mass is 35.5. The van der Waals surface area contributed by atoms with Crippen LogP contribution < -0.4 is 0 Å². The molecule has 0 N–H and O–H groups in total. The number of halogens is 1. The molecular formula is C14H16ClN. The van der Waals surface area contributed by atoms with Gasteiger partial charge in [0.25, 0.3) is 0 Å². The van der Waals surface area contributed by atoms with Crippen molar-refractivity contribution in [2.45, 2.75) is 27.2 Å². The molecule has 0 heterocycles. The number of allylic oxidation sites excluding steroid dienone is 2. The minimum Gasteiger partial charge on any atom is -0.192 e. The van der Waals surface area contributed by atoms with Crippen molar-refractivity contribution in [3.05, 3.63) is 40.9 Å². The Morgan fingerprint density at radius 2 is 1.88 bits per heavy atom. The van der Waals surface area contributed by atoms with Crippen LogP contribution >= 0.6 is 11.6 Å². The second-order valence-electron chi connectivity index (χ2n) is 5.00. The van der Waals surface area contributed by atoms with Gasteiger partial charge in [0.2, 0.25) is 0 Å². The van der Waals surface area contributed by atoms with Crippen LogP contribution in [0, 0.1) is 16.7 Å². The van der Waals surface area contributed by atoms with E-state index < -0.39 is 0 Å². The maximum absolute atomic E-state index is 9.09. The van der Waals surface area contributed by atoms with Crippen molar-refractivity contribution in [3.63, 3.8) is 0 Å². The van der Waals surface area contributed by atoms with E-state index in [2.05, 4.69) is 26.8 Å². The van der Waals surface area contributed by atoms with Crippen molar-refractivity contribution >= 4 is 17.2 Å². The second kappa shape index (κ2) is 5.18. The number of rotatable bonds is 2. The highest BCUT2D eigenvalue weighted by Crippen LogP contribution is 2.23. The standard InChI is InChI=1S/C14H16ClN/c1-14(2,3)9-8-12(10-16)11-4-6-13(15)7-5-11/h4-8H,9H2,1-3H3/b12-8+. The molecule has 0 fully saturated rings. The van der Waals surface area contributed by atoms with Gasteiger partial charge in [-0.05, 0) is 29.5 Å². The van der Waals surface area contributed by atoms with Gasteiger partial charge in [0.05, 0.1) is 11.6 Å². The average molecular weight is 234 g/mol. The van der Waals surface area contributed by atoms with E-state index in [0.29, 0.717) is 10.6 Å². The summed E-state index contributed by atoms with van der Waals surface area (Å²) in [5, 5.41) is 9.79. The van der Waals surface area contributed by atoms with Gasteiger partial charge in [0, 0.05) is 5.02 Å². The van der Waals surface area contributed by atoms with Crippen molar-refractivity contribution in [2.24, 2.45) is 5.41 Å². The van der Waals surface area contributed by atoms with E-state index in [1.807, 2.05) is 18.2 Å². The zero-order valence-corrected chi connectivity index (χ0v) is 10.7. The van der Waals surface area contributed by atoms with Gasteiger partial charge in [0.1, 0.15) is 0 Å². The van der Waals surface area contributed by atoms with Gasteiger partial charge >= 0.3 is 0 Å². The minimum absolute atomic E-state index is 0.203. The van der Waals surface area contributed by atoms with Crippen molar-refractivity contribution < 1.29 is 0 Å². The number of nitrogens with zero attached hydrogens (tertiary/aromatic N) is 1. The summed E-state index contributed by atoms with van der Waals surface area (Å²) in [6.45, 7) is 6.46. The molecule has 0 atom stereocenters. The first-order valence-electron chi connectivity index (χ1n) is 5.28. The number of nitriles is 1. The number of hydrogen-bond acceptors (Lipinski definition) is 1. The molecule has 1 aromatic rings. The average Bonchev–Trinajstić information content (AvgIpc) is 2.20. The van der Waals surface area contributed by atoms with Gasteiger partial charge in [0.15, 0.2) is 0 Å². The molecule has 0 aromatic heterocycles. The first kappa shape index (κ1) is 12.8. The van der Waals surface area contributed by atoms with Gasteiger partial charge in [-0.25, -0.2) is 0 Å². The van der Waals surface area contributed by atoms with E-state index in [-0.39, 0.29) is 5.41 Å². The second-order valence-corrected chi connectivity index (χ2v) is 5.44. The quantitative estimate of drug-likeness (QED) is 0.681. The third-order valence-electron chi connectivity index (χ3n) is 2.19. The molecule has 0 radical (unpaired) electrons. The van der Waals surface area contributed by atoms with E-state index in [1.54, 1.807) is 12.1 Å². The Morgan fingerprint density at radius 1 is 1.31 bits per heavy atom. The Bertz CT molecular complexity index is 416. The molecule has 1 nitrogen and oxygen atoms in total. The lowest BCUT2D eigenvalue weighted by Gasteiger charge is -2.15. The summed E-state index contributed by atoms with van der Waals surface area (Å²) in [5.74, 6) is 0. The lowest BCUT2D eigenvalue weighted by Crippen LogP contribution is -2.02. The van der Waals surface area contributed by atoms with E-state index in [1.165, 1.54) is 0 Å². The molecule has 1 aromatic carbocycles. The zero-order chi connectivity index (χ0) is 12.2. The van der Waals surface area contributed by atoms with Crippen LogP contribution in [0.4, 0.5) is 0 Å². The number of hydrogen-bond donors (Lipinski definition) is 0. The summed E-state index contributed by atoms with van der Waals surface area (Å²) in [4.78, 5) is 0. The molecule has 0 amide bonds. The molecule has 0 unspecified atom stereocenters. The first-order chi connectivity index (χ1) is 7.42. The molecule has 0 bridgehead atoms. The van der Waals surface area contributed by atoms with E-state index in [9.17, 15) is 0 Å². The van der Waals surface area contributed by atoms with Crippen molar-refractivity contribution in [1.29, 1.82) is 5.26 Å². The largest absolute Gasteiger partial charge is 0.192 e. The molecule has 0 saturated heterocycles. The van der Waals surface area contributed by atoms with Crippen LogP contribution in [0.3, 0.4) is 0 Å². The summed E-state index contributed by atoms with van der Waals surface area (Å²) in [7, 11) is 0. The lowest BCUT2D eigenvalue weighted by molar-refractivity contribution is 0.421. The molecule has 16 heavy (non-hydrogen) atoms. The Hall–Kier alpha value is -1.26. The summed E-state index contributed by atoms with van der Waals surface area (Å²) >= 11 is 5.81. The van der Waals surface area contributed by atoms with Crippen molar-refractivity contribution in [3.8, 4) is 6.07 Å². The predicted molar refractivity (Wildman–Crippen MR) is 69.1 cm³/mol. The van der Waals surface area contributed by atoms with Crippen LogP contribution in [0.1, 0.15) is 32.8 Å². The highest BCUT2D eigenvalue weighted by molar-refractivity contribution is 6.30. The summed E-state index contributed by atoms with van der Waals surface area (Å²) in [5.41, 5.74) is 1.84. The summed E-state index contributed by atoms with van der Waals surface area (Å²) < 4.78 is 0. The van der Waals surface area contributed by atoms with E-state index in [0.717, 1.165) is 12.0 Å². The molecule has 0 spiro atoms. The summed E-state index contributed by atoms with van der Waals surface area (Å²) in [6, 6.07) is 9.59. The van der Waals surface area contributed by atoms with E-state index in [4.69, 9.17) is 16.9 Å². The minimum atomic E-state index is 0.203. The Kier molecular flexibility index (Phi) is 4.15. The molecule has 1 rings (SSSR count). The fourth-order valence-corrected chi connectivity index (χ4v) is 1.39. The molecule has 2 heteroatoms. The predicted octanol–water partition coefficient (Wildman–Crippen LogP) is 4.68. The molecule has 0 aliphatic carbocycles. The smallest absolute Gasteiger partial charge is 0.0994 e. The van der Waals surface area contributed by atoms with Crippen molar-refractivity contribution in [2.75, 3.05) is 0 Å². The van der Waals surface area contributed by atoms with Crippen LogP contribution in [0.25, 0.3) is 5.57 Å². The van der Waals surface area contributed by atoms with Gasteiger partial charge in [-0.1, -0.05) is 50.6 Å². The Morgan fingerprint density at radius 3 is 2.31 bits per heavy atom. The maximum Gasteiger partial charge on any atom is 0.0994 e. The maximum atomic E-state index is 9.09. The number of benzene rings is 1. The molecule has 0 saturated carbocycles. The van der Waals surface area contributed by atoms with Gasteiger partial charge in [-0.3, -0.25) is 0 Å². The van der Waals surface area contributed by atoms with Gasteiger partial charge in [-0.15, -0.1) is 0 Å². The fraction of sp³-hybridized carbons (Fsp3) is 0.357. The van der Waals surface area contributed by atoms with Crippen LogP contribution in [-0.2, 0) is 0 Å². The lowest BCUT2D eigenvalue weighted by atomic mass is 9.90. The Labute approximate surface area is 102 Å². The molecule has 84 valence electrons. The van der Waals surface area contributed by atoms with Crippen LogP contribution in [0.5, 0.6) is 0 Å². The molecule has 0 aliphatic rings. The van der Waals surface area contributed by atoms with Crippen LogP contribution in [0.2, 0.25) is 5.02 Å². The highest BCUT2D eigenvalue weighted by Gasteiger charge is 2.09. The summed E-state index contributed by atoms with van der Waals surface area (Å²) in [6.07, 6.45) is 2.88. The SMILES string of the molecule is CC(C)(C)C/C=C(\C#N)c1ccc(Cl)cc1.